The van der Waals surface area contributed by atoms with Crippen LogP contribution in [-0.2, 0) is 10.2 Å². The average molecular weight is 427 g/mol. The Labute approximate surface area is 184 Å². The van der Waals surface area contributed by atoms with Gasteiger partial charge in [0.15, 0.2) is 0 Å². The second kappa shape index (κ2) is 9.64. The molecule has 0 spiro atoms. The molecule has 7 nitrogen and oxygen atoms in total. The quantitative estimate of drug-likeness (QED) is 0.696. The van der Waals surface area contributed by atoms with Gasteiger partial charge in [-0.05, 0) is 51.2 Å². The van der Waals surface area contributed by atoms with Crippen LogP contribution in [0.5, 0.6) is 0 Å². The van der Waals surface area contributed by atoms with Gasteiger partial charge in [-0.1, -0.05) is 30.3 Å². The molecule has 0 aliphatic heterocycles. The highest BCUT2D eigenvalue weighted by atomic mass is 16.3. The second-order valence-electron chi connectivity index (χ2n) is 8.94. The maximum atomic E-state index is 13.2. The lowest BCUT2D eigenvalue weighted by Gasteiger charge is -2.34. The fraction of sp³-hybridized carbons (Fsp3) is 0.542. The molecule has 0 radical (unpaired) electrons. The van der Waals surface area contributed by atoms with E-state index in [1.807, 2.05) is 32.0 Å². The summed E-state index contributed by atoms with van der Waals surface area (Å²) in [7, 11) is 1.76. The fourth-order valence-corrected chi connectivity index (χ4v) is 4.69. The molecule has 7 heteroatoms. The first-order valence-electron chi connectivity index (χ1n) is 11.0. The zero-order chi connectivity index (χ0) is 22.6. The molecule has 1 fully saturated rings. The SMILES string of the molecule is CC(=O)NC[C@]1(c2ccccc2)CC[C@H](O)[C@@H](N(C)C(=O)c2ccnn2C(C)C)CC1. The van der Waals surface area contributed by atoms with E-state index in [2.05, 4.69) is 22.5 Å². The van der Waals surface area contributed by atoms with Crippen molar-refractivity contribution >= 4 is 11.8 Å². The van der Waals surface area contributed by atoms with Gasteiger partial charge in [0.2, 0.25) is 5.91 Å². The summed E-state index contributed by atoms with van der Waals surface area (Å²) in [6.07, 6.45) is 3.71. The van der Waals surface area contributed by atoms with Crippen molar-refractivity contribution in [1.82, 2.24) is 20.0 Å². The van der Waals surface area contributed by atoms with Crippen LogP contribution in [0.2, 0.25) is 0 Å². The molecule has 1 aliphatic rings. The van der Waals surface area contributed by atoms with Gasteiger partial charge in [-0.15, -0.1) is 0 Å². The molecule has 0 saturated heterocycles. The number of rotatable bonds is 6. The molecule has 3 rings (SSSR count). The molecule has 2 aromatic rings. The second-order valence-corrected chi connectivity index (χ2v) is 8.94. The predicted octanol–water partition coefficient (Wildman–Crippen LogP) is 2.91. The first-order valence-corrected chi connectivity index (χ1v) is 11.0. The maximum absolute atomic E-state index is 13.2. The third-order valence-electron chi connectivity index (χ3n) is 6.54. The largest absolute Gasteiger partial charge is 0.391 e. The van der Waals surface area contributed by atoms with Crippen LogP contribution in [0.25, 0.3) is 0 Å². The first kappa shape index (κ1) is 23.0. The Bertz CT molecular complexity index is 895. The Morgan fingerprint density at radius 3 is 2.55 bits per heavy atom. The van der Waals surface area contributed by atoms with Crippen LogP contribution >= 0.6 is 0 Å². The van der Waals surface area contributed by atoms with Crippen LogP contribution in [0.3, 0.4) is 0 Å². The molecule has 0 bridgehead atoms. The molecule has 1 saturated carbocycles. The molecule has 168 valence electrons. The van der Waals surface area contributed by atoms with E-state index in [0.717, 1.165) is 18.4 Å². The molecule has 1 heterocycles. The standard InChI is InChI=1S/C24H34N4O3/c1-17(2)28-21(12-15-26-28)23(31)27(4)20-10-13-24(14-11-22(20)30,16-25-18(3)29)19-8-6-5-7-9-19/h5-9,12,15,17,20,22,30H,10-11,13-14,16H2,1-4H3,(H,25,29)/t20-,22-,24+/m0/s1. The van der Waals surface area contributed by atoms with E-state index in [4.69, 9.17) is 0 Å². The number of nitrogens with zero attached hydrogens (tertiary/aromatic N) is 3. The molecular formula is C24H34N4O3. The van der Waals surface area contributed by atoms with Crippen molar-refractivity contribution in [3.05, 3.63) is 53.9 Å². The number of aromatic nitrogens is 2. The summed E-state index contributed by atoms with van der Waals surface area (Å²) >= 11 is 0. The summed E-state index contributed by atoms with van der Waals surface area (Å²) < 4.78 is 1.72. The smallest absolute Gasteiger partial charge is 0.272 e. The van der Waals surface area contributed by atoms with E-state index in [1.165, 1.54) is 6.92 Å². The van der Waals surface area contributed by atoms with E-state index >= 15 is 0 Å². The lowest BCUT2D eigenvalue weighted by atomic mass is 9.74. The molecule has 1 aliphatic carbocycles. The number of hydrogen-bond donors (Lipinski definition) is 2. The lowest BCUT2D eigenvalue weighted by Crippen LogP contribution is -2.45. The van der Waals surface area contributed by atoms with Gasteiger partial charge in [-0.2, -0.15) is 5.10 Å². The van der Waals surface area contributed by atoms with Gasteiger partial charge in [-0.3, -0.25) is 14.3 Å². The van der Waals surface area contributed by atoms with Gasteiger partial charge in [0.1, 0.15) is 5.69 Å². The molecule has 0 unspecified atom stereocenters. The third kappa shape index (κ3) is 4.98. The Kier molecular flexibility index (Phi) is 7.15. The number of benzene rings is 1. The van der Waals surface area contributed by atoms with Gasteiger partial charge in [0, 0.05) is 38.2 Å². The van der Waals surface area contributed by atoms with Crippen LogP contribution in [0.4, 0.5) is 0 Å². The number of amides is 2. The van der Waals surface area contributed by atoms with Crippen molar-refractivity contribution < 1.29 is 14.7 Å². The molecular weight excluding hydrogens is 392 g/mol. The highest BCUT2D eigenvalue weighted by molar-refractivity contribution is 5.92. The number of carbonyl (C=O) groups is 2. The van der Waals surface area contributed by atoms with Crippen molar-refractivity contribution in [2.75, 3.05) is 13.6 Å². The molecule has 2 amide bonds. The van der Waals surface area contributed by atoms with Crippen LogP contribution in [0, 0.1) is 0 Å². The Balaban J connectivity index is 1.84. The Morgan fingerprint density at radius 2 is 1.90 bits per heavy atom. The minimum absolute atomic E-state index is 0.0640. The fourth-order valence-electron chi connectivity index (χ4n) is 4.69. The average Bonchev–Trinajstić information content (AvgIpc) is 3.19. The Morgan fingerprint density at radius 1 is 1.23 bits per heavy atom. The monoisotopic (exact) mass is 426 g/mol. The molecule has 1 aromatic carbocycles. The maximum Gasteiger partial charge on any atom is 0.272 e. The summed E-state index contributed by atoms with van der Waals surface area (Å²) in [5.74, 6) is -0.199. The topological polar surface area (TPSA) is 87.5 Å². The first-order chi connectivity index (χ1) is 14.7. The number of carbonyl (C=O) groups excluding carboxylic acids is 2. The van der Waals surface area contributed by atoms with Crippen LogP contribution in [-0.4, -0.2) is 57.3 Å². The van der Waals surface area contributed by atoms with E-state index in [1.54, 1.807) is 28.9 Å². The summed E-state index contributed by atoms with van der Waals surface area (Å²) in [4.78, 5) is 26.6. The number of aliphatic hydroxyl groups excluding tert-OH is 1. The van der Waals surface area contributed by atoms with Gasteiger partial charge in [0.25, 0.3) is 5.91 Å². The normalized spacial score (nSPS) is 23.9. The van der Waals surface area contributed by atoms with E-state index in [0.29, 0.717) is 25.1 Å². The number of likely N-dealkylation sites (N-methyl/N-ethyl adjacent to an activating group) is 1. The van der Waals surface area contributed by atoms with Crippen molar-refractivity contribution in [2.24, 2.45) is 0 Å². The Hall–Kier alpha value is -2.67. The molecule has 1 aromatic heterocycles. The van der Waals surface area contributed by atoms with E-state index in [-0.39, 0.29) is 29.3 Å². The zero-order valence-electron chi connectivity index (χ0n) is 18.9. The van der Waals surface area contributed by atoms with E-state index in [9.17, 15) is 14.7 Å². The number of aliphatic hydroxyl groups is 1. The number of nitrogens with one attached hydrogen (secondary N) is 1. The van der Waals surface area contributed by atoms with Crippen LogP contribution in [0.1, 0.15) is 68.5 Å². The minimum atomic E-state index is -0.632. The van der Waals surface area contributed by atoms with Crippen molar-refractivity contribution in [2.45, 2.75) is 70.1 Å². The number of hydrogen-bond acceptors (Lipinski definition) is 4. The van der Waals surface area contributed by atoms with Gasteiger partial charge < -0.3 is 15.3 Å². The molecule has 2 N–H and O–H groups in total. The lowest BCUT2D eigenvalue weighted by molar-refractivity contribution is -0.119. The summed E-state index contributed by atoms with van der Waals surface area (Å²) in [6.45, 7) is 6.02. The van der Waals surface area contributed by atoms with E-state index < -0.39 is 6.10 Å². The van der Waals surface area contributed by atoms with Gasteiger partial charge in [-0.25, -0.2) is 0 Å². The van der Waals surface area contributed by atoms with Crippen molar-refractivity contribution in [3.8, 4) is 0 Å². The van der Waals surface area contributed by atoms with Crippen LogP contribution in [0.15, 0.2) is 42.6 Å². The minimum Gasteiger partial charge on any atom is -0.391 e. The molecule has 3 atom stereocenters. The highest BCUT2D eigenvalue weighted by Crippen LogP contribution is 2.39. The summed E-state index contributed by atoms with van der Waals surface area (Å²) in [5.41, 5.74) is 1.41. The summed E-state index contributed by atoms with van der Waals surface area (Å²) in [5, 5.41) is 18.3. The zero-order valence-corrected chi connectivity index (χ0v) is 18.9. The predicted molar refractivity (Wildman–Crippen MR) is 120 cm³/mol. The van der Waals surface area contributed by atoms with Gasteiger partial charge >= 0.3 is 0 Å². The van der Waals surface area contributed by atoms with Gasteiger partial charge in [0.05, 0.1) is 12.1 Å². The van der Waals surface area contributed by atoms with Crippen molar-refractivity contribution in [1.29, 1.82) is 0 Å². The summed E-state index contributed by atoms with van der Waals surface area (Å²) in [6, 6.07) is 11.7. The highest BCUT2D eigenvalue weighted by Gasteiger charge is 2.40. The third-order valence-corrected chi connectivity index (χ3v) is 6.54. The molecule has 31 heavy (non-hydrogen) atoms. The van der Waals surface area contributed by atoms with Crippen LogP contribution < -0.4 is 5.32 Å². The van der Waals surface area contributed by atoms with Crippen molar-refractivity contribution in [3.63, 3.8) is 0 Å².